The van der Waals surface area contributed by atoms with Crippen molar-refractivity contribution >= 4 is 43.7 Å². The Morgan fingerprint density at radius 1 is 1.13 bits per heavy atom. The Bertz CT molecular complexity index is 1900. The third kappa shape index (κ3) is 5.78. The average Bonchev–Trinajstić information content (AvgIpc) is 3.76. The number of amides is 2. The highest BCUT2D eigenvalue weighted by Gasteiger charge is 2.51. The summed E-state index contributed by atoms with van der Waals surface area (Å²) in [4.78, 5) is 30.7. The molecule has 1 saturated heterocycles. The highest BCUT2D eigenvalue weighted by molar-refractivity contribution is 7.90. The first kappa shape index (κ1) is 33.0. The lowest BCUT2D eigenvalue weighted by Gasteiger charge is -2.32. The van der Waals surface area contributed by atoms with Gasteiger partial charge < -0.3 is 24.5 Å². The van der Waals surface area contributed by atoms with Crippen LogP contribution in [0.2, 0.25) is 0 Å². The van der Waals surface area contributed by atoms with Crippen LogP contribution in [0.4, 0.5) is 23.7 Å². The number of halogens is 3. The molecule has 2 aliphatic carbocycles. The molecule has 6 rings (SSSR count). The van der Waals surface area contributed by atoms with Gasteiger partial charge in [-0.1, -0.05) is 19.9 Å². The predicted molar refractivity (Wildman–Crippen MR) is 162 cm³/mol. The third-order valence-corrected chi connectivity index (χ3v) is 11.4. The largest absolute Gasteiger partial charge is 0.534 e. The van der Waals surface area contributed by atoms with Crippen molar-refractivity contribution in [3.05, 3.63) is 35.5 Å². The number of carbonyl (C=O) groups excluding carboxylic acids is 2. The molecule has 2 aliphatic heterocycles. The Hall–Kier alpha value is -3.93. The number of ether oxygens (including phenoxy) is 1. The molecule has 2 N–H and O–H groups in total. The van der Waals surface area contributed by atoms with Crippen molar-refractivity contribution in [1.82, 2.24) is 15.2 Å². The lowest BCUT2D eigenvalue weighted by atomic mass is 9.87. The molecule has 2 unspecified atom stereocenters. The summed E-state index contributed by atoms with van der Waals surface area (Å²) in [7, 11) is -9.05. The van der Waals surface area contributed by atoms with Crippen LogP contribution in [0.1, 0.15) is 68.9 Å². The zero-order chi connectivity index (χ0) is 34.1. The minimum atomic E-state index is -5.95. The quantitative estimate of drug-likeness (QED) is 0.315. The predicted octanol–water partition coefficient (Wildman–Crippen LogP) is 4.23. The molecular weight excluding hydrogens is 667 g/mol. The molecule has 1 saturated carbocycles. The summed E-state index contributed by atoms with van der Waals surface area (Å²) in [6.07, 6.45) is 3.38. The van der Waals surface area contributed by atoms with Crippen molar-refractivity contribution in [1.29, 1.82) is 0 Å². The van der Waals surface area contributed by atoms with Crippen molar-refractivity contribution in [3.63, 3.8) is 0 Å². The van der Waals surface area contributed by atoms with Gasteiger partial charge in [-0.3, -0.25) is 4.79 Å². The maximum Gasteiger partial charge on any atom is 0.534 e. The normalized spacial score (nSPS) is 23.4. The molecule has 1 aromatic carbocycles. The van der Waals surface area contributed by atoms with Gasteiger partial charge in [0.1, 0.15) is 16.8 Å². The monoisotopic (exact) mass is 699 g/mol. The number of aromatic nitrogens is 1. The van der Waals surface area contributed by atoms with Gasteiger partial charge in [0.05, 0.1) is 18.8 Å². The molecule has 254 valence electrons. The van der Waals surface area contributed by atoms with Crippen LogP contribution < -0.4 is 14.8 Å². The maximum absolute atomic E-state index is 13.6. The van der Waals surface area contributed by atoms with E-state index >= 15 is 0 Å². The number of methoxy groups -OCH3 is 1. The van der Waals surface area contributed by atoms with E-state index in [4.69, 9.17) is 0 Å². The van der Waals surface area contributed by atoms with Gasteiger partial charge in [0.25, 0.3) is 10.0 Å². The number of nitrogens with one attached hydrogen (secondary N) is 2. The summed E-state index contributed by atoms with van der Waals surface area (Å²) in [6, 6.07) is 2.95. The second-order valence-corrected chi connectivity index (χ2v) is 15.4. The van der Waals surface area contributed by atoms with E-state index < -0.39 is 55.6 Å². The van der Waals surface area contributed by atoms with Crippen LogP contribution in [0.15, 0.2) is 33.7 Å². The number of alkyl halides is 3. The summed E-state index contributed by atoms with van der Waals surface area (Å²) < 4.78 is 103. The first-order valence-corrected chi connectivity index (χ1v) is 17.8. The second-order valence-electron chi connectivity index (χ2n) is 12.3. The Morgan fingerprint density at radius 3 is 2.49 bits per heavy atom. The first-order valence-electron chi connectivity index (χ1n) is 15.0. The molecule has 18 heteroatoms. The number of sulfonamides is 1. The van der Waals surface area contributed by atoms with Crippen LogP contribution >= 0.6 is 0 Å². The van der Waals surface area contributed by atoms with Crippen LogP contribution in [0, 0.1) is 5.92 Å². The van der Waals surface area contributed by atoms with Gasteiger partial charge in [-0.2, -0.15) is 30.0 Å². The highest BCUT2D eigenvalue weighted by atomic mass is 32.2. The van der Waals surface area contributed by atoms with Crippen molar-refractivity contribution in [2.75, 3.05) is 19.0 Å². The molecule has 1 aromatic heterocycles. The molecule has 4 aliphatic rings. The van der Waals surface area contributed by atoms with E-state index in [0.29, 0.717) is 48.9 Å². The lowest BCUT2D eigenvalue weighted by Crippen LogP contribution is -2.54. The number of pyridine rings is 1. The van der Waals surface area contributed by atoms with E-state index in [1.165, 1.54) is 30.3 Å². The van der Waals surface area contributed by atoms with E-state index in [1.807, 2.05) is 0 Å². The lowest BCUT2D eigenvalue weighted by molar-refractivity contribution is -0.134. The van der Waals surface area contributed by atoms with Gasteiger partial charge in [-0.25, -0.2) is 9.78 Å². The molecule has 3 heterocycles. The molecule has 13 nitrogen and oxygen atoms in total. The van der Waals surface area contributed by atoms with Gasteiger partial charge in [0, 0.05) is 23.9 Å². The van der Waals surface area contributed by atoms with Crippen LogP contribution in [-0.2, 0) is 29.7 Å². The zero-order valence-corrected chi connectivity index (χ0v) is 27.1. The van der Waals surface area contributed by atoms with E-state index in [9.17, 15) is 39.6 Å². The fourth-order valence-corrected chi connectivity index (χ4v) is 8.63. The minimum absolute atomic E-state index is 0.0592. The van der Waals surface area contributed by atoms with Crippen LogP contribution in [0.3, 0.4) is 0 Å². The van der Waals surface area contributed by atoms with E-state index in [0.717, 1.165) is 6.42 Å². The van der Waals surface area contributed by atoms with Gasteiger partial charge >= 0.3 is 21.7 Å². The summed E-state index contributed by atoms with van der Waals surface area (Å²) in [6.45, 7) is 3.85. The number of likely N-dealkylation sites (tertiary alicyclic amines) is 1. The number of alkyl carbamates (subject to hydrolysis) is 1. The van der Waals surface area contributed by atoms with Gasteiger partial charge in [0.15, 0.2) is 0 Å². The van der Waals surface area contributed by atoms with E-state index in [2.05, 4.69) is 28.9 Å². The van der Waals surface area contributed by atoms with Gasteiger partial charge in [-0.05, 0) is 73.1 Å². The standard InChI is InChI=1S/C29H32F3N5O8S2/c1-14(2)24(35-28(39)44-3)27(38)37-10-4-5-20(37)25-34-19-9-8-15(12-21(19)46(40,41)36-25)18-13-33-26(45-47(42,43)29(30,31)32)23-17-7-6-16(11-17)22(18)23/h8-9,12-14,16-17,20,24H,4-7,10-11H2,1-3H3,(H,34,36)(H,35,39)/t16?,17?,20-,24-/m0/s1. The summed E-state index contributed by atoms with van der Waals surface area (Å²) in [5, 5.41) is 5.61. The number of nitrogens with zero attached hydrogens (tertiary/aromatic N) is 3. The summed E-state index contributed by atoms with van der Waals surface area (Å²) >= 11 is 0. The Morgan fingerprint density at radius 2 is 1.83 bits per heavy atom. The number of hydrogen-bond donors (Lipinski definition) is 2. The number of hydrogen-bond acceptors (Lipinski definition) is 10. The number of anilines is 1. The van der Waals surface area contributed by atoms with Crippen molar-refractivity contribution in [3.8, 4) is 17.0 Å². The Labute approximate surface area is 269 Å². The molecule has 0 spiro atoms. The van der Waals surface area contributed by atoms with Crippen LogP contribution in [0.25, 0.3) is 11.1 Å². The molecule has 2 amide bonds. The number of benzene rings is 1. The van der Waals surface area contributed by atoms with Crippen molar-refractivity contribution in [2.45, 2.75) is 80.3 Å². The van der Waals surface area contributed by atoms with Crippen molar-refractivity contribution < 1.29 is 48.5 Å². The van der Waals surface area contributed by atoms with Crippen LogP contribution in [-0.4, -0.2) is 75.8 Å². The zero-order valence-electron chi connectivity index (χ0n) is 25.5. The highest BCUT2D eigenvalue weighted by Crippen LogP contribution is 2.58. The fraction of sp³-hybridized carbons (Fsp3) is 0.517. The number of fused-ring (bicyclic) bond motifs is 6. The number of rotatable bonds is 7. The third-order valence-electron chi connectivity index (χ3n) is 9.14. The summed E-state index contributed by atoms with van der Waals surface area (Å²) in [5.41, 5.74) is -3.67. The molecule has 4 atom stereocenters. The first-order chi connectivity index (χ1) is 22.0. The number of carbonyl (C=O) groups is 2. The summed E-state index contributed by atoms with van der Waals surface area (Å²) in [5.74, 6) is -1.58. The molecule has 2 aromatic rings. The number of amidine groups is 1. The average molecular weight is 700 g/mol. The van der Waals surface area contributed by atoms with Crippen molar-refractivity contribution in [2.24, 2.45) is 10.3 Å². The molecule has 0 radical (unpaired) electrons. The minimum Gasteiger partial charge on any atom is -0.453 e. The van der Waals surface area contributed by atoms with E-state index in [-0.39, 0.29) is 39.7 Å². The molecule has 47 heavy (non-hydrogen) atoms. The second kappa shape index (κ2) is 11.6. The van der Waals surface area contributed by atoms with Gasteiger partial charge in [0.2, 0.25) is 11.8 Å². The Balaban J connectivity index is 1.32. The maximum atomic E-state index is 13.6. The van der Waals surface area contributed by atoms with Crippen LogP contribution in [0.5, 0.6) is 5.88 Å². The molecule has 2 bridgehead atoms. The SMILES string of the molecule is COC(=O)N[C@H](C(=O)N1CCC[C@H]1C1=NS(=O)(=O)c2cc(-c3cnc(OS(=O)(=O)C(F)(F)F)c4c3C3CCC4C3)ccc2N1)C(C)C. The Kier molecular flexibility index (Phi) is 8.17. The van der Waals surface area contributed by atoms with Gasteiger partial charge in [-0.15, -0.1) is 4.40 Å². The molecular formula is C29H32F3N5O8S2. The smallest absolute Gasteiger partial charge is 0.453 e. The topological polar surface area (TPSA) is 173 Å². The fourth-order valence-electron chi connectivity index (χ4n) is 6.99. The van der Waals surface area contributed by atoms with E-state index in [1.54, 1.807) is 19.9 Å². The molecule has 2 fully saturated rings.